The molecular formula is C30H47Cl2N5O10. The Kier molecular flexibility index (Phi) is 14.3. The Labute approximate surface area is 285 Å². The van der Waals surface area contributed by atoms with Gasteiger partial charge in [-0.25, -0.2) is 9.59 Å². The molecule has 4 aliphatic rings. The van der Waals surface area contributed by atoms with Gasteiger partial charge in [0.25, 0.3) is 0 Å². The Bertz CT molecular complexity index is 1340. The number of ketones is 1. The van der Waals surface area contributed by atoms with Crippen molar-refractivity contribution >= 4 is 54.7 Å². The van der Waals surface area contributed by atoms with Crippen LogP contribution in [0.2, 0.25) is 0 Å². The van der Waals surface area contributed by atoms with Crippen LogP contribution in [0.4, 0.5) is 9.59 Å². The summed E-state index contributed by atoms with van der Waals surface area (Å²) >= 11 is 0. The zero-order valence-corrected chi connectivity index (χ0v) is 28.7. The second-order valence-corrected chi connectivity index (χ2v) is 12.6. The third-order valence-corrected chi connectivity index (χ3v) is 9.37. The average Bonchev–Trinajstić information content (AvgIpc) is 3.29. The lowest BCUT2D eigenvalue weighted by atomic mass is 9.49. The molecule has 1 aromatic carbocycles. The van der Waals surface area contributed by atoms with Crippen LogP contribution in [0.5, 0.6) is 11.5 Å². The van der Waals surface area contributed by atoms with Crippen molar-refractivity contribution in [3.05, 3.63) is 23.3 Å². The third-order valence-electron chi connectivity index (χ3n) is 9.37. The number of nitrogens with two attached hydrogens (primary N) is 4. The SMILES string of the molecule is CC(C)[C@H](N)C(=O)O.C[C@@H](N)[C@@H](C)CC(=O)Oc1ccc2c3c1O[C@H]1C(=O)CC[C@@]4(OC(N)=O)[C@@H](C2)N(C)CC[C@]314.Cl.Cl.NC(=O)O. The number of nitrogens with zero attached hydrogens (tertiary/aromatic N) is 1. The van der Waals surface area contributed by atoms with E-state index in [2.05, 4.69) is 10.6 Å². The van der Waals surface area contributed by atoms with E-state index in [0.717, 1.165) is 17.7 Å². The molecule has 15 nitrogen and oxygen atoms in total. The molecule has 2 aliphatic heterocycles. The number of piperidine rings is 1. The number of halogens is 2. The highest BCUT2D eigenvalue weighted by Gasteiger charge is 2.75. The van der Waals surface area contributed by atoms with Crippen molar-refractivity contribution in [2.75, 3.05) is 13.6 Å². The molecule has 17 heteroatoms. The number of carbonyl (C=O) groups is 5. The number of rotatable bonds is 7. The first-order valence-electron chi connectivity index (χ1n) is 14.9. The summed E-state index contributed by atoms with van der Waals surface area (Å²) in [5.41, 5.74) is 20.7. The maximum atomic E-state index is 13.2. The molecule has 1 spiro atoms. The Hall–Kier alpha value is -3.37. The lowest BCUT2D eigenvalue weighted by Crippen LogP contribution is -2.77. The van der Waals surface area contributed by atoms with Gasteiger partial charge in [-0.15, -0.1) is 24.8 Å². The first-order chi connectivity index (χ1) is 20.9. The minimum atomic E-state index is -1.33. The minimum absolute atomic E-state index is 0. The van der Waals surface area contributed by atoms with E-state index < -0.39 is 47.3 Å². The first kappa shape index (κ1) is 41.7. The quantitative estimate of drug-likeness (QED) is 0.175. The molecule has 2 bridgehead atoms. The van der Waals surface area contributed by atoms with Crippen molar-refractivity contribution in [2.24, 2.45) is 34.8 Å². The van der Waals surface area contributed by atoms with Crippen molar-refractivity contribution < 1.29 is 48.4 Å². The standard InChI is InChI=1S/C24H31N3O6.C5H11NO2.CH3NO2.2ClH/c1-12(13(2)25)10-18(29)31-16-5-4-14-11-17-24(33-22(26)30)7-6-15(28)21-23(24,8-9-27(17)3)19(14)20(16)32-21;1-3(2)4(6)5(7)8;2-1(3)4;;/h4-5,12-13,17,21H,6-11,25H2,1-3H3,(H2,26,30);3-4H,6H2,1-2H3,(H,7,8);2H2,(H,3,4);2*1H/t12-,13+,17+,21-,23-,24+;4-;;;/m00.../s1. The fourth-order valence-corrected chi connectivity index (χ4v) is 6.86. The van der Waals surface area contributed by atoms with E-state index in [9.17, 15) is 19.2 Å². The van der Waals surface area contributed by atoms with Gasteiger partial charge in [-0.3, -0.25) is 19.3 Å². The van der Waals surface area contributed by atoms with Crippen molar-refractivity contribution in [1.82, 2.24) is 4.90 Å². The molecule has 1 saturated heterocycles. The fraction of sp³-hybridized carbons (Fsp3) is 0.633. The van der Waals surface area contributed by atoms with Crippen molar-refractivity contribution in [3.8, 4) is 11.5 Å². The van der Waals surface area contributed by atoms with Gasteiger partial charge in [0.15, 0.2) is 23.4 Å². The normalized spacial score (nSPS) is 26.4. The predicted octanol–water partition coefficient (Wildman–Crippen LogP) is 1.94. The van der Waals surface area contributed by atoms with Crippen LogP contribution >= 0.6 is 24.8 Å². The molecule has 266 valence electrons. The molecule has 1 aromatic rings. The predicted molar refractivity (Wildman–Crippen MR) is 175 cm³/mol. The molecule has 2 fully saturated rings. The largest absolute Gasteiger partial charge is 0.480 e. The first-order valence-corrected chi connectivity index (χ1v) is 14.9. The van der Waals surface area contributed by atoms with E-state index in [1.165, 1.54) is 0 Å². The number of amides is 2. The number of carboxylic acid groups (broad SMARTS) is 2. The summed E-state index contributed by atoms with van der Waals surface area (Å²) in [7, 11) is 2.01. The van der Waals surface area contributed by atoms with Crippen LogP contribution in [0.25, 0.3) is 0 Å². The minimum Gasteiger partial charge on any atom is -0.480 e. The number of hydrogen-bond donors (Lipinski definition) is 6. The van der Waals surface area contributed by atoms with Gasteiger partial charge in [-0.2, -0.15) is 0 Å². The highest BCUT2D eigenvalue weighted by atomic mass is 35.5. The van der Waals surface area contributed by atoms with Crippen molar-refractivity contribution in [3.63, 3.8) is 0 Å². The van der Waals surface area contributed by atoms with Gasteiger partial charge in [0.2, 0.25) is 0 Å². The van der Waals surface area contributed by atoms with Crippen molar-refractivity contribution in [1.29, 1.82) is 0 Å². The molecule has 1 saturated carbocycles. The maximum absolute atomic E-state index is 13.2. The van der Waals surface area contributed by atoms with Gasteiger partial charge in [0, 0.05) is 24.4 Å². The molecule has 10 N–H and O–H groups in total. The maximum Gasteiger partial charge on any atom is 0.405 e. The molecule has 7 atom stereocenters. The molecule has 2 aliphatic carbocycles. The van der Waals surface area contributed by atoms with Gasteiger partial charge in [0.1, 0.15) is 11.6 Å². The Balaban J connectivity index is 0.000000680. The van der Waals surface area contributed by atoms with Crippen LogP contribution < -0.4 is 32.4 Å². The molecule has 0 radical (unpaired) electrons. The van der Waals surface area contributed by atoms with E-state index in [0.29, 0.717) is 25.0 Å². The smallest absolute Gasteiger partial charge is 0.405 e. The second kappa shape index (κ2) is 16.2. The van der Waals surface area contributed by atoms with E-state index in [-0.39, 0.29) is 73.1 Å². The lowest BCUT2D eigenvalue weighted by molar-refractivity contribution is -0.184. The van der Waals surface area contributed by atoms with Crippen LogP contribution in [0.1, 0.15) is 64.5 Å². The number of hydrogen-bond acceptors (Lipinski definition) is 11. The number of Topliss-reactive ketones (excluding diaryl/α,β-unsaturated/α-hetero) is 1. The Morgan fingerprint density at radius 3 is 2.15 bits per heavy atom. The zero-order valence-electron chi connectivity index (χ0n) is 27.1. The fourth-order valence-electron chi connectivity index (χ4n) is 6.86. The van der Waals surface area contributed by atoms with E-state index in [4.69, 9.17) is 46.4 Å². The number of ether oxygens (including phenoxy) is 3. The van der Waals surface area contributed by atoms with Gasteiger partial charge >= 0.3 is 24.1 Å². The van der Waals surface area contributed by atoms with Gasteiger partial charge in [0.05, 0.1) is 11.5 Å². The number of likely N-dealkylation sites (N-methyl/N-ethyl adjacent to an activating group) is 1. The molecule has 2 heterocycles. The van der Waals surface area contributed by atoms with E-state index in [1.54, 1.807) is 19.9 Å². The summed E-state index contributed by atoms with van der Waals surface area (Å²) in [6.07, 6.45) is -1.02. The Morgan fingerprint density at radius 1 is 1.06 bits per heavy atom. The lowest BCUT2D eigenvalue weighted by Gasteiger charge is -2.62. The number of carboxylic acids is 1. The molecule has 5 rings (SSSR count). The number of esters is 1. The number of carbonyl (C=O) groups excluding carboxylic acids is 3. The van der Waals surface area contributed by atoms with Crippen LogP contribution in [0.3, 0.4) is 0 Å². The molecule has 0 aromatic heterocycles. The zero-order chi connectivity index (χ0) is 34.0. The van der Waals surface area contributed by atoms with Crippen LogP contribution in [-0.4, -0.2) is 88.4 Å². The summed E-state index contributed by atoms with van der Waals surface area (Å²) < 4.78 is 18.0. The van der Waals surface area contributed by atoms with E-state index >= 15 is 0 Å². The van der Waals surface area contributed by atoms with Crippen molar-refractivity contribution in [2.45, 2.75) is 95.0 Å². The molecule has 2 amide bonds. The average molecular weight is 709 g/mol. The van der Waals surface area contributed by atoms with Gasteiger partial charge in [-0.1, -0.05) is 26.8 Å². The number of likely N-dealkylation sites (tertiary alicyclic amines) is 1. The number of benzene rings is 1. The summed E-state index contributed by atoms with van der Waals surface area (Å²) in [5.74, 6) is -0.692. The molecular weight excluding hydrogens is 661 g/mol. The second-order valence-electron chi connectivity index (χ2n) is 12.6. The Morgan fingerprint density at radius 2 is 1.66 bits per heavy atom. The van der Waals surface area contributed by atoms with Gasteiger partial charge in [-0.05, 0) is 63.2 Å². The van der Waals surface area contributed by atoms with E-state index in [1.807, 2.05) is 27.0 Å². The topological polar surface area (TPSA) is 261 Å². The number of primary amides is 2. The highest BCUT2D eigenvalue weighted by Crippen LogP contribution is 2.66. The number of aliphatic carboxylic acids is 1. The van der Waals surface area contributed by atoms with Gasteiger partial charge < -0.3 is 47.4 Å². The summed E-state index contributed by atoms with van der Waals surface area (Å²) in [5, 5.41) is 15.4. The summed E-state index contributed by atoms with van der Waals surface area (Å²) in [6.45, 7) is 8.02. The van der Waals surface area contributed by atoms with Crippen LogP contribution in [-0.2, 0) is 31.0 Å². The van der Waals surface area contributed by atoms with Crippen LogP contribution in [0.15, 0.2) is 12.1 Å². The monoisotopic (exact) mass is 707 g/mol. The summed E-state index contributed by atoms with van der Waals surface area (Å²) in [6, 6.07) is 2.68. The highest BCUT2D eigenvalue weighted by molar-refractivity contribution is 5.90. The summed E-state index contributed by atoms with van der Waals surface area (Å²) in [4.78, 5) is 58.9. The molecule has 0 unspecified atom stereocenters. The third kappa shape index (κ3) is 8.03. The van der Waals surface area contributed by atoms with Crippen LogP contribution in [0, 0.1) is 11.8 Å². The molecule has 47 heavy (non-hydrogen) atoms.